The SMILES string of the molecule is CN=C(NCCCN1CC(C)OC(C)C1)NC1CCN(C(=O)C2CCCC2)C1. The Balaban J connectivity index is 1.33. The fourth-order valence-corrected chi connectivity index (χ4v) is 4.87. The molecule has 1 saturated carbocycles. The summed E-state index contributed by atoms with van der Waals surface area (Å²) >= 11 is 0. The first kappa shape index (κ1) is 21.4. The molecule has 7 heteroatoms. The maximum Gasteiger partial charge on any atom is 0.225 e. The highest BCUT2D eigenvalue weighted by atomic mass is 16.5. The minimum Gasteiger partial charge on any atom is -0.373 e. The second-order valence-corrected chi connectivity index (χ2v) is 8.77. The van der Waals surface area contributed by atoms with Crippen molar-refractivity contribution in [2.75, 3.05) is 46.3 Å². The Morgan fingerprint density at radius 2 is 1.82 bits per heavy atom. The van der Waals surface area contributed by atoms with Gasteiger partial charge in [-0.3, -0.25) is 14.7 Å². The number of amides is 1. The van der Waals surface area contributed by atoms with E-state index >= 15 is 0 Å². The fourth-order valence-electron chi connectivity index (χ4n) is 4.87. The lowest BCUT2D eigenvalue weighted by Gasteiger charge is -2.35. The highest BCUT2D eigenvalue weighted by molar-refractivity contribution is 5.81. The zero-order valence-corrected chi connectivity index (χ0v) is 18.0. The van der Waals surface area contributed by atoms with Gasteiger partial charge in [0.1, 0.15) is 0 Å². The first-order valence-electron chi connectivity index (χ1n) is 11.2. The van der Waals surface area contributed by atoms with Crippen LogP contribution in [-0.4, -0.2) is 86.2 Å². The Kier molecular flexibility index (Phi) is 7.97. The third-order valence-electron chi connectivity index (χ3n) is 6.21. The molecule has 160 valence electrons. The van der Waals surface area contributed by atoms with Gasteiger partial charge in [-0.25, -0.2) is 0 Å². The molecule has 0 bridgehead atoms. The van der Waals surface area contributed by atoms with Crippen molar-refractivity contribution < 1.29 is 9.53 Å². The molecule has 7 nitrogen and oxygen atoms in total. The number of ether oxygens (including phenoxy) is 1. The average molecular weight is 394 g/mol. The van der Waals surface area contributed by atoms with Crippen LogP contribution in [0.1, 0.15) is 52.4 Å². The Morgan fingerprint density at radius 3 is 2.50 bits per heavy atom. The third kappa shape index (κ3) is 6.08. The molecule has 2 heterocycles. The number of guanidine groups is 1. The summed E-state index contributed by atoms with van der Waals surface area (Å²) < 4.78 is 5.80. The van der Waals surface area contributed by atoms with Crippen LogP contribution in [0.15, 0.2) is 4.99 Å². The van der Waals surface area contributed by atoms with Crippen molar-refractivity contribution in [2.45, 2.75) is 70.6 Å². The molecule has 2 saturated heterocycles. The first-order valence-corrected chi connectivity index (χ1v) is 11.2. The van der Waals surface area contributed by atoms with Crippen LogP contribution in [0.25, 0.3) is 0 Å². The molecule has 3 rings (SSSR count). The van der Waals surface area contributed by atoms with Crippen LogP contribution in [0.5, 0.6) is 0 Å². The average Bonchev–Trinajstić information content (AvgIpc) is 3.35. The van der Waals surface area contributed by atoms with E-state index in [1.165, 1.54) is 12.8 Å². The van der Waals surface area contributed by atoms with Crippen molar-refractivity contribution in [3.05, 3.63) is 0 Å². The Labute approximate surface area is 170 Å². The number of hydrogen-bond donors (Lipinski definition) is 2. The molecule has 0 radical (unpaired) electrons. The number of carbonyl (C=O) groups is 1. The quantitative estimate of drug-likeness (QED) is 0.406. The van der Waals surface area contributed by atoms with Gasteiger partial charge in [-0.05, 0) is 39.5 Å². The standard InChI is InChI=1S/C21H39N5O2/c1-16-13-25(14-17(2)28-16)11-6-10-23-21(22-3)24-19-9-12-26(15-19)20(27)18-7-4-5-8-18/h16-19H,4-15H2,1-3H3,(H2,22,23,24). The Morgan fingerprint density at radius 1 is 1.11 bits per heavy atom. The predicted octanol–water partition coefficient (Wildman–Crippen LogP) is 1.44. The van der Waals surface area contributed by atoms with Gasteiger partial charge in [-0.2, -0.15) is 0 Å². The largest absolute Gasteiger partial charge is 0.373 e. The van der Waals surface area contributed by atoms with Gasteiger partial charge < -0.3 is 20.3 Å². The van der Waals surface area contributed by atoms with E-state index in [0.717, 1.165) is 70.9 Å². The van der Waals surface area contributed by atoms with Gasteiger partial charge in [0.05, 0.1) is 12.2 Å². The Bertz CT molecular complexity index is 525. The normalized spacial score (nSPS) is 30.0. The molecule has 1 amide bonds. The highest BCUT2D eigenvalue weighted by Gasteiger charge is 2.32. The third-order valence-corrected chi connectivity index (χ3v) is 6.21. The summed E-state index contributed by atoms with van der Waals surface area (Å²) in [5.41, 5.74) is 0. The van der Waals surface area contributed by atoms with Gasteiger partial charge in [0.15, 0.2) is 5.96 Å². The molecule has 0 aromatic heterocycles. The van der Waals surface area contributed by atoms with Crippen molar-refractivity contribution in [1.29, 1.82) is 0 Å². The van der Waals surface area contributed by atoms with Crippen molar-refractivity contribution >= 4 is 11.9 Å². The molecule has 1 aliphatic carbocycles. The second-order valence-electron chi connectivity index (χ2n) is 8.77. The van der Waals surface area contributed by atoms with E-state index in [1.54, 1.807) is 0 Å². The zero-order chi connectivity index (χ0) is 19.9. The van der Waals surface area contributed by atoms with Crippen molar-refractivity contribution in [3.8, 4) is 0 Å². The van der Waals surface area contributed by atoms with Gasteiger partial charge in [0.25, 0.3) is 0 Å². The molecule has 2 aliphatic heterocycles. The molecule has 3 atom stereocenters. The van der Waals surface area contributed by atoms with E-state index in [1.807, 2.05) is 7.05 Å². The molecular weight excluding hydrogens is 354 g/mol. The van der Waals surface area contributed by atoms with Gasteiger partial charge in [-0.15, -0.1) is 0 Å². The number of likely N-dealkylation sites (tertiary alicyclic amines) is 1. The number of hydrogen-bond acceptors (Lipinski definition) is 4. The summed E-state index contributed by atoms with van der Waals surface area (Å²) in [6.07, 6.45) is 7.32. The zero-order valence-electron chi connectivity index (χ0n) is 18.0. The summed E-state index contributed by atoms with van der Waals surface area (Å²) in [6, 6.07) is 0.303. The van der Waals surface area contributed by atoms with Crippen LogP contribution in [0.3, 0.4) is 0 Å². The summed E-state index contributed by atoms with van der Waals surface area (Å²) in [7, 11) is 1.82. The number of carbonyl (C=O) groups excluding carboxylic acids is 1. The van der Waals surface area contributed by atoms with E-state index in [-0.39, 0.29) is 5.92 Å². The number of aliphatic imine (C=N–C) groups is 1. The minimum absolute atomic E-state index is 0.279. The number of nitrogens with one attached hydrogen (secondary N) is 2. The van der Waals surface area contributed by atoms with Crippen molar-refractivity contribution in [2.24, 2.45) is 10.9 Å². The van der Waals surface area contributed by atoms with E-state index < -0.39 is 0 Å². The van der Waals surface area contributed by atoms with Crippen molar-refractivity contribution in [3.63, 3.8) is 0 Å². The van der Waals surface area contributed by atoms with Gasteiger partial charge in [-0.1, -0.05) is 12.8 Å². The van der Waals surface area contributed by atoms with Crippen LogP contribution in [0.2, 0.25) is 0 Å². The van der Waals surface area contributed by atoms with Gasteiger partial charge >= 0.3 is 0 Å². The van der Waals surface area contributed by atoms with Crippen molar-refractivity contribution in [1.82, 2.24) is 20.4 Å². The van der Waals surface area contributed by atoms with E-state index in [0.29, 0.717) is 24.2 Å². The first-order chi connectivity index (χ1) is 13.5. The number of morpholine rings is 1. The second kappa shape index (κ2) is 10.4. The minimum atomic E-state index is 0.279. The lowest BCUT2D eigenvalue weighted by molar-refractivity contribution is -0.134. The molecule has 3 fully saturated rings. The summed E-state index contributed by atoms with van der Waals surface area (Å²) in [5, 5.41) is 6.94. The maximum absolute atomic E-state index is 12.6. The van der Waals surface area contributed by atoms with E-state index in [9.17, 15) is 4.79 Å². The lowest BCUT2D eigenvalue weighted by Crippen LogP contribution is -2.47. The highest BCUT2D eigenvalue weighted by Crippen LogP contribution is 2.27. The van der Waals surface area contributed by atoms with Gasteiger partial charge in [0, 0.05) is 58.3 Å². The molecule has 0 aromatic rings. The summed E-state index contributed by atoms with van der Waals surface area (Å²) in [5.74, 6) is 1.50. The maximum atomic E-state index is 12.6. The molecular formula is C21H39N5O2. The molecule has 2 N–H and O–H groups in total. The molecule has 0 spiro atoms. The van der Waals surface area contributed by atoms with Crippen LogP contribution < -0.4 is 10.6 Å². The fraction of sp³-hybridized carbons (Fsp3) is 0.905. The van der Waals surface area contributed by atoms with E-state index in [4.69, 9.17) is 4.74 Å². The Hall–Kier alpha value is -1.34. The summed E-state index contributed by atoms with van der Waals surface area (Å²) in [6.45, 7) is 9.99. The van der Waals surface area contributed by atoms with Crippen LogP contribution in [0.4, 0.5) is 0 Å². The lowest BCUT2D eigenvalue weighted by atomic mass is 10.1. The monoisotopic (exact) mass is 393 g/mol. The number of nitrogens with zero attached hydrogens (tertiary/aromatic N) is 3. The van der Waals surface area contributed by atoms with Crippen LogP contribution in [-0.2, 0) is 9.53 Å². The predicted molar refractivity (Wildman–Crippen MR) is 113 cm³/mol. The molecule has 0 aromatic carbocycles. The topological polar surface area (TPSA) is 69.2 Å². The smallest absolute Gasteiger partial charge is 0.225 e. The number of rotatable bonds is 6. The van der Waals surface area contributed by atoms with Gasteiger partial charge in [0.2, 0.25) is 5.91 Å². The summed E-state index contributed by atoms with van der Waals surface area (Å²) in [4.78, 5) is 21.5. The molecule has 3 unspecified atom stereocenters. The van der Waals surface area contributed by atoms with Crippen LogP contribution >= 0.6 is 0 Å². The van der Waals surface area contributed by atoms with E-state index in [2.05, 4.69) is 39.3 Å². The van der Waals surface area contributed by atoms with Crippen LogP contribution in [0, 0.1) is 5.92 Å². The molecule has 3 aliphatic rings. The molecule has 28 heavy (non-hydrogen) atoms.